The first kappa shape index (κ1) is 10.3. The SMILES string of the molecule is CCCCCN(C)C1=CC(=O)CC1. The van der Waals surface area contributed by atoms with Crippen molar-refractivity contribution in [2.75, 3.05) is 13.6 Å². The van der Waals surface area contributed by atoms with Crippen LogP contribution in [-0.2, 0) is 4.79 Å². The maximum absolute atomic E-state index is 11.0. The average Bonchev–Trinajstić information content (AvgIpc) is 2.52. The van der Waals surface area contributed by atoms with Crippen molar-refractivity contribution in [1.29, 1.82) is 0 Å². The van der Waals surface area contributed by atoms with E-state index in [2.05, 4.69) is 18.9 Å². The van der Waals surface area contributed by atoms with Crippen LogP contribution in [0.3, 0.4) is 0 Å². The van der Waals surface area contributed by atoms with E-state index in [4.69, 9.17) is 0 Å². The third-order valence-electron chi connectivity index (χ3n) is 2.54. The number of allylic oxidation sites excluding steroid dienone is 2. The van der Waals surface area contributed by atoms with Crippen LogP contribution < -0.4 is 0 Å². The molecule has 0 spiro atoms. The molecule has 0 aromatic carbocycles. The molecule has 0 radical (unpaired) electrons. The van der Waals surface area contributed by atoms with Crippen molar-refractivity contribution in [3.05, 3.63) is 11.8 Å². The van der Waals surface area contributed by atoms with E-state index in [0.29, 0.717) is 6.42 Å². The lowest BCUT2D eigenvalue weighted by Gasteiger charge is -2.19. The predicted octanol–water partition coefficient (Wildman–Crippen LogP) is 2.36. The van der Waals surface area contributed by atoms with Crippen LogP contribution in [0.25, 0.3) is 0 Å². The largest absolute Gasteiger partial charge is 0.378 e. The van der Waals surface area contributed by atoms with Crippen molar-refractivity contribution in [1.82, 2.24) is 4.90 Å². The maximum atomic E-state index is 11.0. The van der Waals surface area contributed by atoms with Gasteiger partial charge in [-0.25, -0.2) is 0 Å². The lowest BCUT2D eigenvalue weighted by atomic mass is 10.2. The Hall–Kier alpha value is -0.790. The van der Waals surface area contributed by atoms with Crippen LogP contribution in [0.1, 0.15) is 39.0 Å². The third-order valence-corrected chi connectivity index (χ3v) is 2.54. The molecule has 0 amide bonds. The van der Waals surface area contributed by atoms with Gasteiger partial charge in [0.1, 0.15) is 0 Å². The van der Waals surface area contributed by atoms with E-state index in [0.717, 1.165) is 13.0 Å². The molecular formula is C11H19NO. The number of rotatable bonds is 5. The summed E-state index contributed by atoms with van der Waals surface area (Å²) in [5.41, 5.74) is 1.22. The second-order valence-electron chi connectivity index (χ2n) is 3.73. The summed E-state index contributed by atoms with van der Waals surface area (Å²) in [6.45, 7) is 3.30. The number of unbranched alkanes of at least 4 members (excludes halogenated alkanes) is 2. The minimum atomic E-state index is 0.289. The van der Waals surface area contributed by atoms with Crippen molar-refractivity contribution in [2.24, 2.45) is 0 Å². The van der Waals surface area contributed by atoms with Gasteiger partial charge in [0.25, 0.3) is 0 Å². The highest BCUT2D eigenvalue weighted by molar-refractivity contribution is 5.92. The molecule has 0 fully saturated rings. The number of nitrogens with zero attached hydrogens (tertiary/aromatic N) is 1. The van der Waals surface area contributed by atoms with Gasteiger partial charge in [0.15, 0.2) is 5.78 Å². The zero-order chi connectivity index (χ0) is 9.68. The van der Waals surface area contributed by atoms with Crippen LogP contribution in [0, 0.1) is 0 Å². The Kier molecular flexibility index (Phi) is 4.00. The van der Waals surface area contributed by atoms with Crippen LogP contribution in [0.5, 0.6) is 0 Å². The Labute approximate surface area is 80.6 Å². The van der Waals surface area contributed by atoms with Gasteiger partial charge < -0.3 is 4.90 Å². The Bertz CT molecular complexity index is 208. The van der Waals surface area contributed by atoms with Gasteiger partial charge in [0.05, 0.1) is 0 Å². The monoisotopic (exact) mass is 181 g/mol. The van der Waals surface area contributed by atoms with Crippen molar-refractivity contribution in [3.8, 4) is 0 Å². The van der Waals surface area contributed by atoms with E-state index in [1.54, 1.807) is 6.08 Å². The molecule has 2 nitrogen and oxygen atoms in total. The van der Waals surface area contributed by atoms with Crippen molar-refractivity contribution < 1.29 is 4.79 Å². The molecule has 0 bridgehead atoms. The molecule has 1 aliphatic rings. The molecule has 1 rings (SSSR count). The first-order valence-corrected chi connectivity index (χ1v) is 5.18. The van der Waals surface area contributed by atoms with Crippen molar-refractivity contribution in [2.45, 2.75) is 39.0 Å². The standard InChI is InChI=1S/C11H19NO/c1-3-4-5-8-12(2)10-6-7-11(13)9-10/h9H,3-8H2,1-2H3. The van der Waals surface area contributed by atoms with E-state index in [1.165, 1.54) is 25.0 Å². The zero-order valence-corrected chi connectivity index (χ0v) is 8.68. The number of hydrogen-bond donors (Lipinski definition) is 0. The number of carbonyl (C=O) groups excluding carboxylic acids is 1. The highest BCUT2D eigenvalue weighted by Gasteiger charge is 2.14. The highest BCUT2D eigenvalue weighted by Crippen LogP contribution is 2.18. The number of carbonyl (C=O) groups is 1. The normalized spacial score (nSPS) is 16.2. The highest BCUT2D eigenvalue weighted by atomic mass is 16.1. The minimum absolute atomic E-state index is 0.289. The van der Waals surface area contributed by atoms with Crippen molar-refractivity contribution >= 4 is 5.78 Å². The average molecular weight is 181 g/mol. The summed E-state index contributed by atoms with van der Waals surface area (Å²) >= 11 is 0. The smallest absolute Gasteiger partial charge is 0.157 e. The molecule has 0 aromatic heterocycles. The molecule has 0 heterocycles. The Morgan fingerprint density at radius 1 is 1.38 bits per heavy atom. The molecule has 0 aromatic rings. The molecule has 0 unspecified atom stereocenters. The van der Waals surface area contributed by atoms with Gasteiger partial charge in [0.2, 0.25) is 0 Å². The van der Waals surface area contributed by atoms with E-state index >= 15 is 0 Å². The van der Waals surface area contributed by atoms with Crippen LogP contribution >= 0.6 is 0 Å². The fourth-order valence-corrected chi connectivity index (χ4v) is 1.63. The van der Waals surface area contributed by atoms with Gasteiger partial charge in [-0.3, -0.25) is 4.79 Å². The van der Waals surface area contributed by atoms with Crippen LogP contribution in [0.2, 0.25) is 0 Å². The third kappa shape index (κ3) is 3.21. The zero-order valence-electron chi connectivity index (χ0n) is 8.68. The quantitative estimate of drug-likeness (QED) is 0.607. The van der Waals surface area contributed by atoms with Crippen LogP contribution in [0.15, 0.2) is 11.8 Å². The molecule has 2 heteroatoms. The molecule has 74 valence electrons. The second kappa shape index (κ2) is 5.05. The van der Waals surface area contributed by atoms with Gasteiger partial charge in [-0.05, 0) is 12.8 Å². The summed E-state index contributed by atoms with van der Waals surface area (Å²) in [6.07, 6.45) is 7.23. The topological polar surface area (TPSA) is 20.3 Å². The van der Waals surface area contributed by atoms with Gasteiger partial charge in [-0.15, -0.1) is 0 Å². The molecular weight excluding hydrogens is 162 g/mol. The molecule has 0 saturated heterocycles. The summed E-state index contributed by atoms with van der Waals surface area (Å²) in [7, 11) is 2.08. The molecule has 0 N–H and O–H groups in total. The predicted molar refractivity (Wildman–Crippen MR) is 54.5 cm³/mol. The van der Waals surface area contributed by atoms with Crippen molar-refractivity contribution in [3.63, 3.8) is 0 Å². The molecule has 0 saturated carbocycles. The van der Waals surface area contributed by atoms with E-state index in [9.17, 15) is 4.79 Å². The van der Waals surface area contributed by atoms with Crippen LogP contribution in [0.4, 0.5) is 0 Å². The van der Waals surface area contributed by atoms with Crippen LogP contribution in [-0.4, -0.2) is 24.3 Å². The molecule has 0 atom stereocenters. The van der Waals surface area contributed by atoms with E-state index in [-0.39, 0.29) is 5.78 Å². The van der Waals surface area contributed by atoms with Gasteiger partial charge >= 0.3 is 0 Å². The van der Waals surface area contributed by atoms with Gasteiger partial charge in [-0.2, -0.15) is 0 Å². The molecule has 1 aliphatic carbocycles. The fraction of sp³-hybridized carbons (Fsp3) is 0.727. The second-order valence-corrected chi connectivity index (χ2v) is 3.73. The summed E-state index contributed by atoms with van der Waals surface area (Å²) in [5.74, 6) is 0.289. The van der Waals surface area contributed by atoms with Gasteiger partial charge in [-0.1, -0.05) is 19.8 Å². The molecule has 13 heavy (non-hydrogen) atoms. The van der Waals surface area contributed by atoms with E-state index in [1.807, 2.05) is 0 Å². The lowest BCUT2D eigenvalue weighted by molar-refractivity contribution is -0.114. The van der Waals surface area contributed by atoms with Gasteiger partial charge in [0, 0.05) is 31.8 Å². The minimum Gasteiger partial charge on any atom is -0.378 e. The first-order valence-electron chi connectivity index (χ1n) is 5.18. The number of ketones is 1. The maximum Gasteiger partial charge on any atom is 0.157 e. The summed E-state index contributed by atoms with van der Waals surface area (Å²) in [6, 6.07) is 0. The molecule has 0 aliphatic heterocycles. The Balaban J connectivity index is 2.27. The Morgan fingerprint density at radius 3 is 2.69 bits per heavy atom. The first-order chi connectivity index (χ1) is 6.24. The fourth-order valence-electron chi connectivity index (χ4n) is 1.63. The summed E-state index contributed by atoms with van der Waals surface area (Å²) in [4.78, 5) is 13.2. The lowest BCUT2D eigenvalue weighted by Crippen LogP contribution is -2.17. The summed E-state index contributed by atoms with van der Waals surface area (Å²) in [5, 5.41) is 0. The Morgan fingerprint density at radius 2 is 2.15 bits per heavy atom. The summed E-state index contributed by atoms with van der Waals surface area (Å²) < 4.78 is 0. The number of hydrogen-bond acceptors (Lipinski definition) is 2. The van der Waals surface area contributed by atoms with E-state index < -0.39 is 0 Å².